The van der Waals surface area contributed by atoms with Gasteiger partial charge in [-0.25, -0.2) is 8.42 Å². The van der Waals surface area contributed by atoms with E-state index in [1.54, 1.807) is 36.1 Å². The predicted octanol–water partition coefficient (Wildman–Crippen LogP) is 4.53. The Kier molecular flexibility index (Phi) is 10.6. The van der Waals surface area contributed by atoms with Crippen molar-refractivity contribution in [2.24, 2.45) is 0 Å². The Morgan fingerprint density at radius 1 is 1.09 bits per heavy atom. The van der Waals surface area contributed by atoms with Gasteiger partial charge in [0.15, 0.2) is 0 Å². The smallest absolute Gasteiger partial charge is 0.242 e. The van der Waals surface area contributed by atoms with Gasteiger partial charge in [0.1, 0.15) is 6.04 Å². The lowest BCUT2D eigenvalue weighted by molar-refractivity contribution is -0.140. The van der Waals surface area contributed by atoms with Crippen LogP contribution >= 0.6 is 11.6 Å². The zero-order valence-electron chi connectivity index (χ0n) is 21.1. The molecule has 0 aliphatic carbocycles. The number of hydrogen-bond donors (Lipinski definition) is 1. The largest absolute Gasteiger partial charge is 0.352 e. The van der Waals surface area contributed by atoms with E-state index in [4.69, 9.17) is 11.6 Å². The van der Waals surface area contributed by atoms with Crippen molar-refractivity contribution in [3.63, 3.8) is 0 Å². The van der Waals surface area contributed by atoms with Gasteiger partial charge in [0.25, 0.3) is 0 Å². The lowest BCUT2D eigenvalue weighted by Crippen LogP contribution is -2.49. The summed E-state index contributed by atoms with van der Waals surface area (Å²) in [4.78, 5) is 27.7. The van der Waals surface area contributed by atoms with Crippen LogP contribution in [0.1, 0.15) is 51.2 Å². The molecule has 2 aromatic carbocycles. The minimum absolute atomic E-state index is 0.00175. The molecule has 0 aromatic heterocycles. The van der Waals surface area contributed by atoms with Gasteiger partial charge in [0.2, 0.25) is 21.8 Å². The number of halogens is 1. The number of nitrogens with one attached hydrogen (secondary N) is 1. The zero-order valence-corrected chi connectivity index (χ0v) is 22.7. The van der Waals surface area contributed by atoms with E-state index in [-0.39, 0.29) is 30.8 Å². The van der Waals surface area contributed by atoms with Crippen LogP contribution in [-0.2, 0) is 26.2 Å². The van der Waals surface area contributed by atoms with Crippen molar-refractivity contribution in [1.29, 1.82) is 0 Å². The molecule has 2 aromatic rings. The van der Waals surface area contributed by atoms with Crippen LogP contribution in [0.5, 0.6) is 0 Å². The second-order valence-electron chi connectivity index (χ2n) is 8.92. The Balaban J connectivity index is 2.17. The molecule has 0 aliphatic heterocycles. The number of nitrogens with zero attached hydrogens (tertiary/aromatic N) is 2. The van der Waals surface area contributed by atoms with Gasteiger partial charge in [-0.3, -0.25) is 13.9 Å². The highest BCUT2D eigenvalue weighted by molar-refractivity contribution is 7.92. The Labute approximate surface area is 214 Å². The van der Waals surface area contributed by atoms with Crippen molar-refractivity contribution in [3.8, 4) is 0 Å². The summed E-state index contributed by atoms with van der Waals surface area (Å²) in [7, 11) is -3.57. The van der Waals surface area contributed by atoms with Crippen LogP contribution in [0.4, 0.5) is 5.69 Å². The Hall–Kier alpha value is -2.58. The molecule has 2 atom stereocenters. The average molecular weight is 522 g/mol. The summed E-state index contributed by atoms with van der Waals surface area (Å²) in [5.41, 5.74) is 2.44. The number of anilines is 1. The maximum Gasteiger partial charge on any atom is 0.242 e. The molecule has 2 rings (SSSR count). The first-order valence-corrected chi connectivity index (χ1v) is 14.0. The minimum atomic E-state index is -3.57. The number of rotatable bonds is 12. The Morgan fingerprint density at radius 3 is 2.37 bits per heavy atom. The highest BCUT2D eigenvalue weighted by Crippen LogP contribution is 2.22. The molecule has 0 unspecified atom stereocenters. The lowest BCUT2D eigenvalue weighted by Gasteiger charge is -2.30. The van der Waals surface area contributed by atoms with Crippen LogP contribution < -0.4 is 9.62 Å². The predicted molar refractivity (Wildman–Crippen MR) is 142 cm³/mol. The summed E-state index contributed by atoms with van der Waals surface area (Å²) in [5.74, 6) is -0.421. The van der Waals surface area contributed by atoms with E-state index in [9.17, 15) is 18.0 Å². The first-order valence-electron chi connectivity index (χ1n) is 11.8. The van der Waals surface area contributed by atoms with Gasteiger partial charge in [-0.2, -0.15) is 0 Å². The molecule has 0 aliphatic rings. The van der Waals surface area contributed by atoms with Crippen LogP contribution in [0.2, 0.25) is 5.02 Å². The highest BCUT2D eigenvalue weighted by atomic mass is 35.5. The van der Waals surface area contributed by atoms with E-state index in [1.165, 1.54) is 4.31 Å². The van der Waals surface area contributed by atoms with Gasteiger partial charge < -0.3 is 10.2 Å². The number of carbonyl (C=O) groups is 2. The van der Waals surface area contributed by atoms with Crippen molar-refractivity contribution in [2.75, 3.05) is 17.1 Å². The minimum Gasteiger partial charge on any atom is -0.352 e. The van der Waals surface area contributed by atoms with Crippen LogP contribution in [-0.4, -0.2) is 50.0 Å². The number of aryl methyl sites for hydroxylation is 1. The molecule has 35 heavy (non-hydrogen) atoms. The fraction of sp³-hybridized carbons (Fsp3) is 0.462. The molecule has 192 valence electrons. The Bertz CT molecular complexity index is 1120. The van der Waals surface area contributed by atoms with Gasteiger partial charge in [0, 0.05) is 30.6 Å². The second-order valence-corrected chi connectivity index (χ2v) is 11.3. The SMILES string of the molecule is CC[C@H](C)NC(=O)[C@H](C)N(Cc1cccc(C)c1)C(=O)CCCN(c1cccc(Cl)c1)S(C)(=O)=O. The van der Waals surface area contributed by atoms with Crippen molar-refractivity contribution in [1.82, 2.24) is 10.2 Å². The van der Waals surface area contributed by atoms with Crippen LogP contribution in [0.15, 0.2) is 48.5 Å². The summed E-state index contributed by atoms with van der Waals surface area (Å²) in [5, 5.41) is 3.38. The highest BCUT2D eigenvalue weighted by Gasteiger charge is 2.27. The van der Waals surface area contributed by atoms with E-state index in [2.05, 4.69) is 5.32 Å². The standard InChI is InChI=1S/C26H36ClN3O4S/c1-6-20(3)28-26(32)21(4)29(18-22-11-7-10-19(2)16-22)25(31)14-9-15-30(35(5,33)34)24-13-8-12-23(27)17-24/h7-8,10-13,16-17,20-21H,6,9,14-15,18H2,1-5H3,(H,28,32)/t20-,21-/m0/s1. The quantitative estimate of drug-likeness (QED) is 0.444. The molecule has 0 heterocycles. The lowest BCUT2D eigenvalue weighted by atomic mass is 10.1. The fourth-order valence-corrected chi connectivity index (χ4v) is 4.83. The van der Waals surface area contributed by atoms with Gasteiger partial charge in [-0.15, -0.1) is 0 Å². The zero-order chi connectivity index (χ0) is 26.2. The van der Waals surface area contributed by atoms with Crippen molar-refractivity contribution < 1.29 is 18.0 Å². The molecule has 0 bridgehead atoms. The molecule has 9 heteroatoms. The fourth-order valence-electron chi connectivity index (χ4n) is 3.69. The monoisotopic (exact) mass is 521 g/mol. The molecule has 0 fully saturated rings. The third-order valence-corrected chi connectivity index (χ3v) is 7.28. The third kappa shape index (κ3) is 8.85. The number of carbonyl (C=O) groups excluding carboxylic acids is 2. The van der Waals surface area contributed by atoms with E-state index in [0.717, 1.165) is 23.8 Å². The normalized spacial score (nSPS) is 13.1. The topological polar surface area (TPSA) is 86.8 Å². The molecule has 0 saturated carbocycles. The maximum absolute atomic E-state index is 13.3. The van der Waals surface area contributed by atoms with Crippen LogP contribution in [0.3, 0.4) is 0 Å². The van der Waals surface area contributed by atoms with Gasteiger partial charge in [-0.1, -0.05) is 54.4 Å². The first kappa shape index (κ1) is 28.7. The summed E-state index contributed by atoms with van der Waals surface area (Å²) in [6.45, 7) is 8.02. The van der Waals surface area contributed by atoms with E-state index in [1.807, 2.05) is 45.0 Å². The molecule has 1 N–H and O–H groups in total. The number of sulfonamides is 1. The van der Waals surface area contributed by atoms with Gasteiger partial charge in [-0.05, 0) is 57.4 Å². The van der Waals surface area contributed by atoms with Gasteiger partial charge in [0.05, 0.1) is 11.9 Å². The van der Waals surface area contributed by atoms with Crippen LogP contribution in [0.25, 0.3) is 0 Å². The summed E-state index contributed by atoms with van der Waals surface area (Å²) in [6, 6.07) is 13.7. The number of hydrogen-bond acceptors (Lipinski definition) is 4. The van der Waals surface area contributed by atoms with Gasteiger partial charge >= 0.3 is 0 Å². The molecular formula is C26H36ClN3O4S. The molecular weight excluding hydrogens is 486 g/mol. The third-order valence-electron chi connectivity index (χ3n) is 5.85. The van der Waals surface area contributed by atoms with Crippen molar-refractivity contribution in [2.45, 2.75) is 65.6 Å². The van der Waals surface area contributed by atoms with E-state index in [0.29, 0.717) is 23.7 Å². The van der Waals surface area contributed by atoms with Crippen LogP contribution in [0, 0.1) is 6.92 Å². The molecule has 0 saturated heterocycles. The summed E-state index contributed by atoms with van der Waals surface area (Å²) < 4.78 is 26.0. The number of benzene rings is 2. The van der Waals surface area contributed by atoms with Crippen molar-refractivity contribution in [3.05, 3.63) is 64.7 Å². The first-order chi connectivity index (χ1) is 16.4. The maximum atomic E-state index is 13.3. The molecule has 2 amide bonds. The second kappa shape index (κ2) is 12.9. The summed E-state index contributed by atoms with van der Waals surface area (Å²) >= 11 is 6.04. The molecule has 0 radical (unpaired) electrons. The Morgan fingerprint density at radius 2 is 1.77 bits per heavy atom. The van der Waals surface area contributed by atoms with E-state index >= 15 is 0 Å². The average Bonchev–Trinajstić information content (AvgIpc) is 2.78. The number of amides is 2. The molecule has 0 spiro atoms. The summed E-state index contributed by atoms with van der Waals surface area (Å²) in [6.07, 6.45) is 2.30. The molecule has 7 nitrogen and oxygen atoms in total. The van der Waals surface area contributed by atoms with Crippen molar-refractivity contribution >= 4 is 39.1 Å². The van der Waals surface area contributed by atoms with E-state index < -0.39 is 16.1 Å².